The molecule has 1 atom stereocenters. The van der Waals surface area contributed by atoms with Crippen molar-refractivity contribution in [3.8, 4) is 0 Å². The number of carbonyl (C=O) groups is 1. The molecule has 0 radical (unpaired) electrons. The monoisotopic (exact) mass is 470 g/mol. The average molecular weight is 471 g/mol. The fourth-order valence-electron chi connectivity index (χ4n) is 3.37. The van der Waals surface area contributed by atoms with Crippen LogP contribution in [0, 0.1) is 0 Å². The summed E-state index contributed by atoms with van der Waals surface area (Å²) in [4.78, 5) is 12.6. The van der Waals surface area contributed by atoms with Crippen molar-refractivity contribution >= 4 is 33.2 Å². The van der Waals surface area contributed by atoms with Crippen molar-refractivity contribution in [2.75, 3.05) is 10.6 Å². The summed E-state index contributed by atoms with van der Waals surface area (Å²) in [5.74, 6) is -0.186. The molecule has 3 aromatic rings. The number of anilines is 1. The Morgan fingerprint density at radius 1 is 0.969 bits per heavy atom. The number of rotatable bonds is 9. The molecule has 168 valence electrons. The molecule has 0 spiro atoms. The minimum Gasteiger partial charge on any atom is -0.350 e. The molecular weight excluding hydrogens is 444 g/mol. The van der Waals surface area contributed by atoms with E-state index in [2.05, 4.69) is 17.4 Å². The van der Waals surface area contributed by atoms with Gasteiger partial charge in [-0.15, -0.1) is 0 Å². The molecule has 3 aromatic carbocycles. The van der Waals surface area contributed by atoms with E-state index < -0.39 is 10.0 Å². The highest BCUT2D eigenvalue weighted by Gasteiger charge is 2.20. The van der Waals surface area contributed by atoms with E-state index in [0.29, 0.717) is 21.8 Å². The minimum atomic E-state index is -3.54. The first kappa shape index (κ1) is 23.8. The lowest BCUT2D eigenvalue weighted by Gasteiger charge is -2.23. The van der Waals surface area contributed by atoms with Gasteiger partial charge in [0.2, 0.25) is 10.0 Å². The quantitative estimate of drug-likeness (QED) is 0.475. The summed E-state index contributed by atoms with van der Waals surface area (Å²) < 4.78 is 26.1. The van der Waals surface area contributed by atoms with E-state index in [1.165, 1.54) is 9.87 Å². The standard InChI is InChI=1S/C25H27ClN2O3S/c1-19(12-13-20-8-4-3-5-9-20)27-25(29)21-14-16-23(17-15-21)28(32(2,30)31)18-22-10-6-7-11-24(22)26/h3-11,14-17,19H,12-13,18H2,1-2H3,(H,27,29)/t19-/m1/s1. The third-order valence-corrected chi connectivity index (χ3v) is 6.69. The zero-order chi connectivity index (χ0) is 23.1. The molecule has 1 N–H and O–H groups in total. The maximum absolute atomic E-state index is 12.6. The Bertz CT molecular complexity index is 1150. The van der Waals surface area contributed by atoms with Crippen LogP contribution >= 0.6 is 11.6 Å². The molecular formula is C25H27ClN2O3S. The van der Waals surface area contributed by atoms with E-state index >= 15 is 0 Å². The molecule has 0 aliphatic rings. The summed E-state index contributed by atoms with van der Waals surface area (Å²) in [6.07, 6.45) is 2.86. The van der Waals surface area contributed by atoms with Crippen LogP contribution in [0.15, 0.2) is 78.9 Å². The molecule has 0 aliphatic heterocycles. The molecule has 0 heterocycles. The van der Waals surface area contributed by atoms with Crippen molar-refractivity contribution in [3.63, 3.8) is 0 Å². The fraction of sp³-hybridized carbons (Fsp3) is 0.240. The Morgan fingerprint density at radius 2 is 1.59 bits per heavy atom. The zero-order valence-electron chi connectivity index (χ0n) is 18.2. The Labute approximate surface area is 195 Å². The van der Waals surface area contributed by atoms with Gasteiger partial charge in [0.25, 0.3) is 5.91 Å². The van der Waals surface area contributed by atoms with Gasteiger partial charge in [-0.2, -0.15) is 0 Å². The number of nitrogens with one attached hydrogen (secondary N) is 1. The Hall–Kier alpha value is -2.83. The summed E-state index contributed by atoms with van der Waals surface area (Å²) in [5, 5.41) is 3.51. The number of benzene rings is 3. The topological polar surface area (TPSA) is 66.5 Å². The van der Waals surface area contributed by atoms with E-state index in [4.69, 9.17) is 11.6 Å². The van der Waals surface area contributed by atoms with Crippen LogP contribution in [0.3, 0.4) is 0 Å². The van der Waals surface area contributed by atoms with Gasteiger partial charge in [-0.1, -0.05) is 60.1 Å². The van der Waals surface area contributed by atoms with Gasteiger partial charge in [-0.25, -0.2) is 8.42 Å². The van der Waals surface area contributed by atoms with E-state index in [1.807, 2.05) is 31.2 Å². The number of hydrogen-bond acceptors (Lipinski definition) is 3. The number of aryl methyl sites for hydroxylation is 1. The average Bonchev–Trinajstić information content (AvgIpc) is 2.77. The second-order valence-electron chi connectivity index (χ2n) is 7.81. The van der Waals surface area contributed by atoms with Crippen molar-refractivity contribution in [1.29, 1.82) is 0 Å². The predicted octanol–water partition coefficient (Wildman–Crippen LogP) is 5.06. The van der Waals surface area contributed by atoms with Crippen LogP contribution in [-0.4, -0.2) is 26.6 Å². The van der Waals surface area contributed by atoms with E-state index in [9.17, 15) is 13.2 Å². The molecule has 0 bridgehead atoms. The normalized spacial score (nSPS) is 12.2. The van der Waals surface area contributed by atoms with Crippen molar-refractivity contribution in [1.82, 2.24) is 5.32 Å². The van der Waals surface area contributed by atoms with Gasteiger partial charge in [0.1, 0.15) is 0 Å². The van der Waals surface area contributed by atoms with E-state index in [0.717, 1.165) is 19.1 Å². The molecule has 0 unspecified atom stereocenters. The molecule has 1 amide bonds. The van der Waals surface area contributed by atoms with Gasteiger partial charge in [-0.05, 0) is 61.2 Å². The molecule has 0 saturated heterocycles. The lowest BCUT2D eigenvalue weighted by atomic mass is 10.1. The van der Waals surface area contributed by atoms with Gasteiger partial charge >= 0.3 is 0 Å². The number of halogens is 1. The van der Waals surface area contributed by atoms with Crippen molar-refractivity contribution in [2.24, 2.45) is 0 Å². The largest absolute Gasteiger partial charge is 0.350 e. The van der Waals surface area contributed by atoms with Gasteiger partial charge in [-0.3, -0.25) is 9.10 Å². The van der Waals surface area contributed by atoms with Gasteiger partial charge < -0.3 is 5.32 Å². The number of sulfonamides is 1. The van der Waals surface area contributed by atoms with E-state index in [-0.39, 0.29) is 18.5 Å². The Kier molecular flexibility index (Phi) is 7.94. The lowest BCUT2D eigenvalue weighted by Crippen LogP contribution is -2.33. The number of nitrogens with zero attached hydrogens (tertiary/aromatic N) is 1. The van der Waals surface area contributed by atoms with Crippen LogP contribution in [0.2, 0.25) is 5.02 Å². The minimum absolute atomic E-state index is 0.00937. The first-order valence-electron chi connectivity index (χ1n) is 10.4. The van der Waals surface area contributed by atoms with Crippen molar-refractivity contribution in [3.05, 3.63) is 101 Å². The molecule has 5 nitrogen and oxygen atoms in total. The van der Waals surface area contributed by atoms with Crippen molar-refractivity contribution < 1.29 is 13.2 Å². The Morgan fingerprint density at radius 3 is 2.22 bits per heavy atom. The van der Waals surface area contributed by atoms with Gasteiger partial charge in [0, 0.05) is 16.6 Å². The third-order valence-electron chi connectivity index (χ3n) is 5.18. The second-order valence-corrected chi connectivity index (χ2v) is 10.1. The molecule has 0 aromatic heterocycles. The highest BCUT2D eigenvalue weighted by molar-refractivity contribution is 7.92. The molecule has 0 saturated carbocycles. The fourth-order valence-corrected chi connectivity index (χ4v) is 4.44. The lowest BCUT2D eigenvalue weighted by molar-refractivity contribution is 0.0938. The van der Waals surface area contributed by atoms with Crippen LogP contribution < -0.4 is 9.62 Å². The van der Waals surface area contributed by atoms with Crippen LogP contribution in [-0.2, 0) is 23.0 Å². The predicted molar refractivity (Wildman–Crippen MR) is 131 cm³/mol. The summed E-state index contributed by atoms with van der Waals surface area (Å²) >= 11 is 6.21. The first-order valence-corrected chi connectivity index (χ1v) is 12.6. The van der Waals surface area contributed by atoms with Gasteiger partial charge in [0.15, 0.2) is 0 Å². The molecule has 0 fully saturated rings. The highest BCUT2D eigenvalue weighted by Crippen LogP contribution is 2.24. The summed E-state index contributed by atoms with van der Waals surface area (Å²) in [7, 11) is -3.54. The second kappa shape index (κ2) is 10.7. The smallest absolute Gasteiger partial charge is 0.251 e. The maximum Gasteiger partial charge on any atom is 0.251 e. The zero-order valence-corrected chi connectivity index (χ0v) is 19.7. The Balaban J connectivity index is 1.66. The SMILES string of the molecule is C[C@H](CCc1ccccc1)NC(=O)c1ccc(N(Cc2ccccc2Cl)S(C)(=O)=O)cc1. The van der Waals surface area contributed by atoms with Crippen LogP contribution in [0.1, 0.15) is 34.8 Å². The third kappa shape index (κ3) is 6.58. The van der Waals surface area contributed by atoms with Gasteiger partial charge in [0.05, 0.1) is 18.5 Å². The first-order chi connectivity index (χ1) is 15.2. The van der Waals surface area contributed by atoms with Crippen LogP contribution in [0.25, 0.3) is 0 Å². The number of carbonyl (C=O) groups excluding carboxylic acids is 1. The summed E-state index contributed by atoms with van der Waals surface area (Å²) in [6, 6.07) is 23.8. The molecule has 0 aliphatic carbocycles. The maximum atomic E-state index is 12.6. The summed E-state index contributed by atoms with van der Waals surface area (Å²) in [5.41, 5.74) is 2.89. The molecule has 32 heavy (non-hydrogen) atoms. The van der Waals surface area contributed by atoms with Crippen LogP contribution in [0.4, 0.5) is 5.69 Å². The number of hydrogen-bond donors (Lipinski definition) is 1. The highest BCUT2D eigenvalue weighted by atomic mass is 35.5. The molecule has 7 heteroatoms. The summed E-state index contributed by atoms with van der Waals surface area (Å²) in [6.45, 7) is 2.09. The number of amides is 1. The van der Waals surface area contributed by atoms with Crippen LogP contribution in [0.5, 0.6) is 0 Å². The molecule has 3 rings (SSSR count). The van der Waals surface area contributed by atoms with Crippen molar-refractivity contribution in [2.45, 2.75) is 32.4 Å². The van der Waals surface area contributed by atoms with E-state index in [1.54, 1.807) is 42.5 Å².